The maximum absolute atomic E-state index is 3.65. The molecule has 2 nitrogen and oxygen atoms in total. The van der Waals surface area contributed by atoms with Gasteiger partial charge in [0.25, 0.3) is 0 Å². The first-order valence-electron chi connectivity index (χ1n) is 8.61. The van der Waals surface area contributed by atoms with Crippen LogP contribution in [0.4, 0.5) is 0 Å². The van der Waals surface area contributed by atoms with Crippen molar-refractivity contribution in [1.29, 1.82) is 0 Å². The highest BCUT2D eigenvalue weighted by atomic mass is 15.2. The molecule has 0 radical (unpaired) electrons. The predicted octanol–water partition coefficient (Wildman–Crippen LogP) is 3.52. The van der Waals surface area contributed by atoms with Crippen LogP contribution in [0.1, 0.15) is 59.3 Å². The molecule has 0 spiro atoms. The second-order valence-electron chi connectivity index (χ2n) is 7.38. The van der Waals surface area contributed by atoms with Gasteiger partial charge in [-0.1, -0.05) is 40.0 Å². The number of nitrogens with zero attached hydrogens (tertiary/aromatic N) is 1. The molecule has 0 aromatic carbocycles. The zero-order valence-electron chi connectivity index (χ0n) is 13.3. The molecule has 2 rings (SSSR count). The van der Waals surface area contributed by atoms with Gasteiger partial charge < -0.3 is 5.32 Å². The third-order valence-electron chi connectivity index (χ3n) is 5.09. The Hall–Kier alpha value is -0.0800. The number of rotatable bonds is 5. The fourth-order valence-electron chi connectivity index (χ4n) is 3.92. The molecule has 1 saturated heterocycles. The second kappa shape index (κ2) is 7.64. The van der Waals surface area contributed by atoms with E-state index in [2.05, 4.69) is 31.0 Å². The van der Waals surface area contributed by atoms with E-state index in [1.54, 1.807) is 0 Å². The highest BCUT2D eigenvalue weighted by molar-refractivity contribution is 4.86. The van der Waals surface area contributed by atoms with Gasteiger partial charge in [-0.25, -0.2) is 0 Å². The topological polar surface area (TPSA) is 15.3 Å². The Morgan fingerprint density at radius 1 is 1.11 bits per heavy atom. The summed E-state index contributed by atoms with van der Waals surface area (Å²) in [6.45, 7) is 12.2. The van der Waals surface area contributed by atoms with Gasteiger partial charge in [-0.15, -0.1) is 0 Å². The molecule has 3 unspecified atom stereocenters. The van der Waals surface area contributed by atoms with Crippen LogP contribution in [0.2, 0.25) is 0 Å². The van der Waals surface area contributed by atoms with Crippen LogP contribution in [0.25, 0.3) is 0 Å². The fourth-order valence-corrected chi connectivity index (χ4v) is 3.92. The van der Waals surface area contributed by atoms with Crippen LogP contribution in [-0.2, 0) is 0 Å². The Morgan fingerprint density at radius 3 is 2.68 bits per heavy atom. The van der Waals surface area contributed by atoms with Gasteiger partial charge in [-0.05, 0) is 56.7 Å². The normalized spacial score (nSPS) is 33.8. The van der Waals surface area contributed by atoms with E-state index in [0.717, 1.165) is 23.8 Å². The summed E-state index contributed by atoms with van der Waals surface area (Å²) in [5, 5.41) is 3.65. The molecule has 1 N–H and O–H groups in total. The monoisotopic (exact) mass is 266 g/mol. The third-order valence-corrected chi connectivity index (χ3v) is 5.09. The molecule has 1 saturated carbocycles. The zero-order chi connectivity index (χ0) is 13.7. The van der Waals surface area contributed by atoms with Crippen LogP contribution in [-0.4, -0.2) is 37.1 Å². The van der Waals surface area contributed by atoms with Gasteiger partial charge in [0.15, 0.2) is 0 Å². The Labute approximate surface area is 120 Å². The number of nitrogens with one attached hydrogen (secondary N) is 1. The lowest BCUT2D eigenvalue weighted by Gasteiger charge is -2.31. The van der Waals surface area contributed by atoms with Crippen LogP contribution < -0.4 is 5.32 Å². The summed E-state index contributed by atoms with van der Waals surface area (Å²) >= 11 is 0. The van der Waals surface area contributed by atoms with Gasteiger partial charge in [0.05, 0.1) is 0 Å². The third kappa shape index (κ3) is 4.75. The molecule has 1 heterocycles. The van der Waals surface area contributed by atoms with E-state index in [1.807, 2.05) is 0 Å². The van der Waals surface area contributed by atoms with Crippen molar-refractivity contribution < 1.29 is 0 Å². The lowest BCUT2D eigenvalue weighted by molar-refractivity contribution is 0.167. The molecule has 2 fully saturated rings. The van der Waals surface area contributed by atoms with Gasteiger partial charge in [-0.2, -0.15) is 0 Å². The minimum atomic E-state index is 0.777. The summed E-state index contributed by atoms with van der Waals surface area (Å²) in [5.41, 5.74) is 0. The minimum absolute atomic E-state index is 0.777. The predicted molar refractivity (Wildman–Crippen MR) is 83.4 cm³/mol. The molecule has 2 aliphatic rings. The average molecular weight is 266 g/mol. The van der Waals surface area contributed by atoms with Gasteiger partial charge in [-0.3, -0.25) is 4.90 Å². The van der Waals surface area contributed by atoms with E-state index in [4.69, 9.17) is 0 Å². The van der Waals surface area contributed by atoms with E-state index in [-0.39, 0.29) is 0 Å². The van der Waals surface area contributed by atoms with Gasteiger partial charge in [0.1, 0.15) is 0 Å². The molecule has 3 atom stereocenters. The summed E-state index contributed by atoms with van der Waals surface area (Å²) in [6.07, 6.45) is 8.71. The van der Waals surface area contributed by atoms with Gasteiger partial charge in [0, 0.05) is 12.6 Å². The van der Waals surface area contributed by atoms with Crippen molar-refractivity contribution in [3.63, 3.8) is 0 Å². The van der Waals surface area contributed by atoms with Crippen LogP contribution in [0.15, 0.2) is 0 Å². The molecule has 2 heteroatoms. The molecule has 19 heavy (non-hydrogen) atoms. The first-order valence-corrected chi connectivity index (χ1v) is 8.61. The minimum Gasteiger partial charge on any atom is -0.316 e. The SMILES string of the molecule is CC(C)CNCC1CCN(C2CCCCCC2C)C1. The molecule has 0 bridgehead atoms. The van der Waals surface area contributed by atoms with Crippen LogP contribution in [0.3, 0.4) is 0 Å². The van der Waals surface area contributed by atoms with E-state index in [1.165, 1.54) is 64.7 Å². The van der Waals surface area contributed by atoms with E-state index in [0.29, 0.717) is 0 Å². The van der Waals surface area contributed by atoms with Crippen molar-refractivity contribution in [2.24, 2.45) is 17.8 Å². The Kier molecular flexibility index (Phi) is 6.15. The van der Waals surface area contributed by atoms with Crippen molar-refractivity contribution in [3.05, 3.63) is 0 Å². The van der Waals surface area contributed by atoms with Gasteiger partial charge in [0.2, 0.25) is 0 Å². The molecule has 112 valence electrons. The largest absolute Gasteiger partial charge is 0.316 e. The van der Waals surface area contributed by atoms with Crippen molar-refractivity contribution in [2.45, 2.75) is 65.3 Å². The smallest absolute Gasteiger partial charge is 0.0121 e. The van der Waals surface area contributed by atoms with Gasteiger partial charge >= 0.3 is 0 Å². The summed E-state index contributed by atoms with van der Waals surface area (Å²) in [4.78, 5) is 2.82. The summed E-state index contributed by atoms with van der Waals surface area (Å²) < 4.78 is 0. The maximum atomic E-state index is 3.65. The Balaban J connectivity index is 1.74. The molecule has 1 aliphatic heterocycles. The van der Waals surface area contributed by atoms with Crippen LogP contribution in [0, 0.1) is 17.8 Å². The van der Waals surface area contributed by atoms with E-state index < -0.39 is 0 Å². The molecule has 0 amide bonds. The average Bonchev–Trinajstić information content (AvgIpc) is 2.71. The Bertz CT molecular complexity index is 252. The molecule has 0 aromatic rings. The highest BCUT2D eigenvalue weighted by Crippen LogP contribution is 2.30. The highest BCUT2D eigenvalue weighted by Gasteiger charge is 2.31. The van der Waals surface area contributed by atoms with Crippen LogP contribution in [0.5, 0.6) is 0 Å². The van der Waals surface area contributed by atoms with Crippen molar-refractivity contribution in [3.8, 4) is 0 Å². The van der Waals surface area contributed by atoms with E-state index >= 15 is 0 Å². The zero-order valence-corrected chi connectivity index (χ0v) is 13.3. The molecule has 0 aromatic heterocycles. The number of likely N-dealkylation sites (tertiary alicyclic amines) is 1. The maximum Gasteiger partial charge on any atom is 0.0121 e. The standard InChI is InChI=1S/C17H34N2/c1-14(2)11-18-12-16-9-10-19(13-16)17-8-6-4-5-7-15(17)3/h14-18H,4-13H2,1-3H3. The summed E-state index contributed by atoms with van der Waals surface area (Å²) in [5.74, 6) is 2.60. The van der Waals surface area contributed by atoms with Crippen molar-refractivity contribution >= 4 is 0 Å². The summed E-state index contributed by atoms with van der Waals surface area (Å²) in [7, 11) is 0. The van der Waals surface area contributed by atoms with E-state index in [9.17, 15) is 0 Å². The molecular weight excluding hydrogens is 232 g/mol. The quantitative estimate of drug-likeness (QED) is 0.766. The van der Waals surface area contributed by atoms with Crippen molar-refractivity contribution in [2.75, 3.05) is 26.2 Å². The lowest BCUT2D eigenvalue weighted by atomic mass is 9.95. The first kappa shape index (κ1) is 15.3. The molecular formula is C17H34N2. The molecule has 1 aliphatic carbocycles. The summed E-state index contributed by atoms with van der Waals surface area (Å²) in [6, 6.07) is 0.887. The van der Waals surface area contributed by atoms with Crippen molar-refractivity contribution in [1.82, 2.24) is 10.2 Å². The fraction of sp³-hybridized carbons (Fsp3) is 1.00. The Morgan fingerprint density at radius 2 is 1.89 bits per heavy atom. The number of hydrogen-bond acceptors (Lipinski definition) is 2. The second-order valence-corrected chi connectivity index (χ2v) is 7.38. The van der Waals surface area contributed by atoms with Crippen LogP contribution >= 0.6 is 0 Å². The lowest BCUT2D eigenvalue weighted by Crippen LogP contribution is -2.38. The number of hydrogen-bond donors (Lipinski definition) is 1. The first-order chi connectivity index (χ1) is 9.16.